The molecule has 1 aliphatic carbocycles. The Kier molecular flexibility index (Phi) is 5.24. The molecule has 0 unspecified atom stereocenters. The minimum absolute atomic E-state index is 0.234. The van der Waals surface area contributed by atoms with Crippen molar-refractivity contribution < 1.29 is 19.4 Å². The molecule has 0 atom stereocenters. The van der Waals surface area contributed by atoms with Crippen molar-refractivity contribution in [1.29, 1.82) is 0 Å². The van der Waals surface area contributed by atoms with E-state index in [4.69, 9.17) is 9.72 Å². The zero-order valence-corrected chi connectivity index (χ0v) is 22.4. The fraction of sp³-hybridized carbons (Fsp3) is 0.152. The van der Waals surface area contributed by atoms with Crippen molar-refractivity contribution in [1.82, 2.24) is 19.9 Å². The van der Waals surface area contributed by atoms with Gasteiger partial charge < -0.3 is 20.5 Å². The Bertz CT molecular complexity index is 1920. The Hall–Kier alpha value is -5.44. The monoisotopic (exact) mass is 555 g/mol. The summed E-state index contributed by atoms with van der Waals surface area (Å²) in [6, 6.07) is 25.7. The highest BCUT2D eigenvalue weighted by Gasteiger charge is 2.40. The molecule has 0 bridgehead atoms. The van der Waals surface area contributed by atoms with Gasteiger partial charge in [0.05, 0.1) is 33.9 Å². The third kappa shape index (κ3) is 3.63. The number of carboxylic acid groups (broad SMARTS) is 1. The van der Waals surface area contributed by atoms with E-state index in [1.807, 2.05) is 72.8 Å². The van der Waals surface area contributed by atoms with Crippen LogP contribution in [0.5, 0.6) is 0 Å². The summed E-state index contributed by atoms with van der Waals surface area (Å²) in [7, 11) is 0. The number of imidazole rings is 1. The average molecular weight is 556 g/mol. The molecule has 0 radical (unpaired) electrons. The maximum Gasteiger partial charge on any atom is 0.405 e. The van der Waals surface area contributed by atoms with Crippen LogP contribution in [0.1, 0.15) is 40.7 Å². The zero-order valence-electron chi connectivity index (χ0n) is 22.4. The Morgan fingerprint density at radius 1 is 0.976 bits per heavy atom. The number of fused-ring (bicyclic) bond motifs is 6. The van der Waals surface area contributed by atoms with Crippen LogP contribution in [0.15, 0.2) is 85.1 Å². The van der Waals surface area contributed by atoms with Crippen LogP contribution in [0.2, 0.25) is 0 Å². The molecular formula is C33H25N5O4. The Labute approximate surface area is 240 Å². The highest BCUT2D eigenvalue weighted by molar-refractivity contribution is 5.95. The summed E-state index contributed by atoms with van der Waals surface area (Å²) >= 11 is 0. The van der Waals surface area contributed by atoms with Gasteiger partial charge in [0.25, 0.3) is 0 Å². The second kappa shape index (κ2) is 9.04. The van der Waals surface area contributed by atoms with E-state index in [0.717, 1.165) is 75.7 Å². The minimum atomic E-state index is -1.02. The predicted molar refractivity (Wildman–Crippen MR) is 157 cm³/mol. The molecule has 8 rings (SSSR count). The summed E-state index contributed by atoms with van der Waals surface area (Å²) < 4.78 is 7.41. The van der Waals surface area contributed by atoms with Crippen molar-refractivity contribution in [3.8, 4) is 39.6 Å². The van der Waals surface area contributed by atoms with Crippen molar-refractivity contribution in [3.05, 3.63) is 102 Å². The van der Waals surface area contributed by atoms with Gasteiger partial charge in [0.15, 0.2) is 5.82 Å². The van der Waals surface area contributed by atoms with Gasteiger partial charge in [-0.1, -0.05) is 42.5 Å². The second-order valence-corrected chi connectivity index (χ2v) is 10.9. The summed E-state index contributed by atoms with van der Waals surface area (Å²) in [5.41, 5.74) is 7.87. The maximum absolute atomic E-state index is 12.2. The Balaban J connectivity index is 1.38. The fourth-order valence-electron chi connectivity index (χ4n) is 6.34. The number of ether oxygens (including phenoxy) is 1. The molecule has 2 aromatic heterocycles. The maximum atomic E-state index is 12.2. The first kappa shape index (κ1) is 24.4. The Morgan fingerprint density at radius 2 is 1.79 bits per heavy atom. The van der Waals surface area contributed by atoms with Gasteiger partial charge in [0.1, 0.15) is 12.4 Å². The van der Waals surface area contributed by atoms with Gasteiger partial charge in [-0.3, -0.25) is 4.57 Å². The highest BCUT2D eigenvalue weighted by atomic mass is 16.5. The summed E-state index contributed by atoms with van der Waals surface area (Å²) in [4.78, 5) is 33.7. The smallest absolute Gasteiger partial charge is 0.405 e. The second-order valence-electron chi connectivity index (χ2n) is 10.9. The molecule has 2 aliphatic heterocycles. The quantitative estimate of drug-likeness (QED) is 0.209. The molecular weight excluding hydrogens is 530 g/mol. The van der Waals surface area contributed by atoms with Gasteiger partial charge in [-0.25, -0.2) is 19.6 Å². The number of benzene rings is 3. The van der Waals surface area contributed by atoms with Gasteiger partial charge >= 0.3 is 12.1 Å². The van der Waals surface area contributed by atoms with Crippen LogP contribution in [0.25, 0.3) is 39.6 Å². The van der Waals surface area contributed by atoms with Crippen molar-refractivity contribution in [3.63, 3.8) is 0 Å². The molecule has 3 N–H and O–H groups in total. The molecule has 206 valence electrons. The van der Waals surface area contributed by atoms with Gasteiger partial charge in [-0.05, 0) is 61.2 Å². The van der Waals surface area contributed by atoms with Gasteiger partial charge in [0.2, 0.25) is 0 Å². The number of cyclic esters (lactones) is 1. The molecule has 5 aromatic rings. The minimum Gasteiger partial charge on any atom is -0.465 e. The number of nitrogens with one attached hydrogen (secondary N) is 2. The normalized spacial score (nSPS) is 15.6. The first-order chi connectivity index (χ1) is 20.5. The van der Waals surface area contributed by atoms with Crippen molar-refractivity contribution in [2.24, 2.45) is 0 Å². The third-order valence-corrected chi connectivity index (χ3v) is 8.55. The van der Waals surface area contributed by atoms with Crippen LogP contribution in [-0.2, 0) is 16.9 Å². The predicted octanol–water partition coefficient (Wildman–Crippen LogP) is 6.64. The number of amides is 1. The lowest BCUT2D eigenvalue weighted by Gasteiger charge is -2.42. The molecule has 42 heavy (non-hydrogen) atoms. The van der Waals surface area contributed by atoms with Crippen LogP contribution < -0.4 is 10.6 Å². The molecule has 4 heterocycles. The number of carbonyl (C=O) groups is 2. The number of carbonyl (C=O) groups excluding carboxylic acids is 1. The average Bonchev–Trinajstić information content (AvgIpc) is 3.52. The topological polar surface area (TPSA) is 118 Å². The summed E-state index contributed by atoms with van der Waals surface area (Å²) in [5.74, 6) is 1.15. The summed E-state index contributed by atoms with van der Waals surface area (Å²) in [6.45, 7) is 0.234. The molecule has 0 spiro atoms. The van der Waals surface area contributed by atoms with E-state index >= 15 is 0 Å². The summed E-state index contributed by atoms with van der Waals surface area (Å²) in [6.07, 6.45) is 3.25. The van der Waals surface area contributed by atoms with Gasteiger partial charge in [-0.15, -0.1) is 0 Å². The zero-order chi connectivity index (χ0) is 28.4. The molecule has 9 nitrogen and oxygen atoms in total. The number of para-hydroxylation sites is 1. The van der Waals surface area contributed by atoms with Gasteiger partial charge in [0, 0.05) is 28.5 Å². The molecule has 3 aliphatic rings. The molecule has 0 saturated heterocycles. The number of esters is 1. The first-order valence-corrected chi connectivity index (χ1v) is 13.9. The van der Waals surface area contributed by atoms with Crippen LogP contribution in [0.3, 0.4) is 0 Å². The van der Waals surface area contributed by atoms with E-state index in [-0.39, 0.29) is 12.6 Å². The van der Waals surface area contributed by atoms with Crippen LogP contribution >= 0.6 is 0 Å². The summed E-state index contributed by atoms with van der Waals surface area (Å²) in [5, 5.41) is 15.7. The van der Waals surface area contributed by atoms with E-state index < -0.39 is 11.6 Å². The van der Waals surface area contributed by atoms with Gasteiger partial charge in [-0.2, -0.15) is 0 Å². The van der Waals surface area contributed by atoms with Crippen molar-refractivity contribution >= 4 is 23.6 Å². The van der Waals surface area contributed by atoms with E-state index in [9.17, 15) is 14.7 Å². The van der Waals surface area contributed by atoms with E-state index in [1.54, 1.807) is 12.3 Å². The largest absolute Gasteiger partial charge is 0.465 e. The van der Waals surface area contributed by atoms with Crippen LogP contribution in [0.4, 0.5) is 16.3 Å². The SMILES string of the molecule is O=C(O)NC1(c2ccc(-c3c(-c4ccc5c(c4)COC5=O)nc4n3-c3cccnc3Nc3ccccc3-4)cc2)CCC1. The van der Waals surface area contributed by atoms with E-state index in [0.29, 0.717) is 11.4 Å². The van der Waals surface area contributed by atoms with E-state index in [1.165, 1.54) is 0 Å². The first-order valence-electron chi connectivity index (χ1n) is 13.9. The molecule has 1 amide bonds. The Morgan fingerprint density at radius 3 is 2.57 bits per heavy atom. The third-order valence-electron chi connectivity index (χ3n) is 8.55. The number of aromatic nitrogens is 3. The number of hydrogen-bond acceptors (Lipinski definition) is 6. The molecule has 1 saturated carbocycles. The lowest BCUT2D eigenvalue weighted by molar-refractivity contribution is 0.0535. The lowest BCUT2D eigenvalue weighted by Crippen LogP contribution is -2.50. The van der Waals surface area contributed by atoms with Crippen LogP contribution in [0, 0.1) is 0 Å². The standard InChI is InChI=1S/C33H25N5O4/c39-31-23-13-10-20(17-21(23)18-42-31)27-28(19-8-11-22(12-9-19)33(14-4-15-33)37-32(40)41)38-26-7-3-16-34-29(26)35-25-6-2-1-5-24(25)30(38)36-27/h1-3,5-13,16-17,37H,4,14-15,18H2,(H,34,35)(H,40,41). The number of pyridine rings is 1. The molecule has 3 aromatic carbocycles. The molecule has 9 heteroatoms. The molecule has 1 fully saturated rings. The number of rotatable bonds is 4. The number of anilines is 2. The van der Waals surface area contributed by atoms with Crippen molar-refractivity contribution in [2.75, 3.05) is 5.32 Å². The lowest BCUT2D eigenvalue weighted by atomic mass is 9.71. The fourth-order valence-corrected chi connectivity index (χ4v) is 6.34. The van der Waals surface area contributed by atoms with E-state index in [2.05, 4.69) is 20.2 Å². The number of nitrogens with zero attached hydrogens (tertiary/aromatic N) is 3. The van der Waals surface area contributed by atoms with Crippen LogP contribution in [-0.4, -0.2) is 31.7 Å². The van der Waals surface area contributed by atoms with Crippen molar-refractivity contribution in [2.45, 2.75) is 31.4 Å². The highest BCUT2D eigenvalue weighted by Crippen LogP contribution is 2.46. The number of hydrogen-bond donors (Lipinski definition) is 3.